The maximum atomic E-state index is 12.5. The van der Waals surface area contributed by atoms with Gasteiger partial charge in [-0.3, -0.25) is 9.69 Å². The second kappa shape index (κ2) is 7.71. The average Bonchev–Trinajstić information content (AvgIpc) is 3.40. The van der Waals surface area contributed by atoms with E-state index in [9.17, 15) is 4.79 Å². The molecule has 5 rings (SSSR count). The van der Waals surface area contributed by atoms with Gasteiger partial charge in [0.2, 0.25) is 12.7 Å². The fraction of sp³-hybridized carbons (Fsp3) is 0.545. The van der Waals surface area contributed by atoms with Crippen LogP contribution in [-0.4, -0.2) is 58.6 Å². The van der Waals surface area contributed by atoms with Gasteiger partial charge in [-0.2, -0.15) is 0 Å². The minimum atomic E-state index is 0.219. The number of H-pyrrole nitrogens is 1. The number of nitrogens with zero attached hydrogens (tertiary/aromatic N) is 3. The molecule has 2 saturated heterocycles. The number of rotatable bonds is 5. The zero-order chi connectivity index (χ0) is 19.7. The van der Waals surface area contributed by atoms with E-state index in [0.29, 0.717) is 19.1 Å². The second-order valence-corrected chi connectivity index (χ2v) is 8.64. The van der Waals surface area contributed by atoms with Gasteiger partial charge < -0.3 is 19.4 Å². The number of aromatic nitrogens is 2. The Balaban J connectivity index is 1.23. The van der Waals surface area contributed by atoms with E-state index in [2.05, 4.69) is 31.9 Å². The van der Waals surface area contributed by atoms with Crippen molar-refractivity contribution in [1.82, 2.24) is 19.8 Å². The van der Waals surface area contributed by atoms with Crippen LogP contribution in [0.25, 0.3) is 0 Å². The number of piperidine rings is 2. The molecule has 0 radical (unpaired) electrons. The molecule has 0 saturated carbocycles. The number of nitrogens with one attached hydrogen (secondary N) is 1. The van der Waals surface area contributed by atoms with Gasteiger partial charge in [0.05, 0.1) is 6.33 Å². The number of likely N-dealkylation sites (tertiary alicyclic amines) is 2. The Bertz CT molecular complexity index is 869. The molecule has 7 nitrogen and oxygen atoms in total. The van der Waals surface area contributed by atoms with Gasteiger partial charge in [-0.25, -0.2) is 4.98 Å². The first-order valence-electron chi connectivity index (χ1n) is 10.6. The Morgan fingerprint density at radius 2 is 2.10 bits per heavy atom. The second-order valence-electron chi connectivity index (χ2n) is 8.64. The minimum absolute atomic E-state index is 0.219. The van der Waals surface area contributed by atoms with E-state index in [0.717, 1.165) is 62.8 Å². The highest BCUT2D eigenvalue weighted by Crippen LogP contribution is 2.40. The van der Waals surface area contributed by atoms with Crippen molar-refractivity contribution < 1.29 is 14.3 Å². The number of ether oxygens (including phenoxy) is 2. The van der Waals surface area contributed by atoms with Crippen LogP contribution in [0.15, 0.2) is 30.7 Å². The molecule has 1 N–H and O–H groups in total. The Labute approximate surface area is 171 Å². The third kappa shape index (κ3) is 3.96. The highest BCUT2D eigenvalue weighted by molar-refractivity contribution is 5.77. The van der Waals surface area contributed by atoms with Crippen molar-refractivity contribution in [2.24, 2.45) is 5.41 Å². The van der Waals surface area contributed by atoms with Crippen molar-refractivity contribution in [3.05, 3.63) is 42.0 Å². The molecule has 3 aliphatic rings. The van der Waals surface area contributed by atoms with Crippen LogP contribution >= 0.6 is 0 Å². The van der Waals surface area contributed by atoms with Gasteiger partial charge in [-0.15, -0.1) is 0 Å². The summed E-state index contributed by atoms with van der Waals surface area (Å²) in [4.78, 5) is 24.4. The summed E-state index contributed by atoms with van der Waals surface area (Å²) in [5, 5.41) is 0. The third-order valence-corrected chi connectivity index (χ3v) is 6.54. The number of carbonyl (C=O) groups is 1. The van der Waals surface area contributed by atoms with Crippen molar-refractivity contribution in [3.63, 3.8) is 0 Å². The summed E-state index contributed by atoms with van der Waals surface area (Å²) in [5.41, 5.74) is 2.57. The van der Waals surface area contributed by atoms with Crippen LogP contribution in [0.3, 0.4) is 0 Å². The lowest BCUT2D eigenvalue weighted by Crippen LogP contribution is -2.54. The number of imidazole rings is 1. The number of aromatic amines is 1. The van der Waals surface area contributed by atoms with Gasteiger partial charge in [0.1, 0.15) is 0 Å². The summed E-state index contributed by atoms with van der Waals surface area (Å²) in [6.45, 7) is 5.03. The summed E-state index contributed by atoms with van der Waals surface area (Å²) >= 11 is 0. The summed E-state index contributed by atoms with van der Waals surface area (Å²) in [6.07, 6.45) is 8.45. The Kier molecular flexibility index (Phi) is 4.91. The van der Waals surface area contributed by atoms with Crippen molar-refractivity contribution in [2.45, 2.75) is 38.6 Å². The van der Waals surface area contributed by atoms with Crippen LogP contribution in [0.1, 0.15) is 36.9 Å². The van der Waals surface area contributed by atoms with Crippen LogP contribution in [0.5, 0.6) is 11.5 Å². The summed E-state index contributed by atoms with van der Waals surface area (Å²) < 4.78 is 11.0. The Hall–Kier alpha value is -2.54. The van der Waals surface area contributed by atoms with Gasteiger partial charge in [-0.1, -0.05) is 6.07 Å². The molecule has 3 aliphatic heterocycles. The summed E-state index contributed by atoms with van der Waals surface area (Å²) in [5.74, 6) is 1.98. The zero-order valence-corrected chi connectivity index (χ0v) is 16.7. The number of hydrogen-bond donors (Lipinski definition) is 1. The first-order chi connectivity index (χ1) is 14.2. The Morgan fingerprint density at radius 3 is 3.00 bits per heavy atom. The average molecular weight is 396 g/mol. The SMILES string of the molecule is O=C1CC[C@@]2(CCCN(Cc3ccc4c(c3)OCO4)C2)CN1CCc1cnc[nH]1. The van der Waals surface area contributed by atoms with Crippen LogP contribution in [-0.2, 0) is 17.8 Å². The molecule has 2 aromatic rings. The van der Waals surface area contributed by atoms with E-state index >= 15 is 0 Å². The number of benzene rings is 1. The molecule has 0 bridgehead atoms. The molecular formula is C22H28N4O3. The molecule has 1 spiro atoms. The van der Waals surface area contributed by atoms with E-state index in [1.54, 1.807) is 6.33 Å². The lowest BCUT2D eigenvalue weighted by molar-refractivity contribution is -0.139. The predicted octanol–water partition coefficient (Wildman–Crippen LogP) is 2.59. The monoisotopic (exact) mass is 396 g/mol. The molecule has 154 valence electrons. The van der Waals surface area contributed by atoms with Gasteiger partial charge in [0.15, 0.2) is 11.5 Å². The molecule has 0 aliphatic carbocycles. The lowest BCUT2D eigenvalue weighted by Gasteiger charge is -2.48. The van der Waals surface area contributed by atoms with E-state index < -0.39 is 0 Å². The number of hydrogen-bond acceptors (Lipinski definition) is 5. The van der Waals surface area contributed by atoms with E-state index in [4.69, 9.17) is 9.47 Å². The molecule has 2 fully saturated rings. The van der Waals surface area contributed by atoms with Crippen LogP contribution in [0.2, 0.25) is 0 Å². The predicted molar refractivity (Wildman–Crippen MR) is 108 cm³/mol. The van der Waals surface area contributed by atoms with Crippen molar-refractivity contribution in [2.75, 3.05) is 33.0 Å². The van der Waals surface area contributed by atoms with E-state index in [1.807, 2.05) is 12.3 Å². The highest BCUT2D eigenvalue weighted by Gasteiger charge is 2.41. The van der Waals surface area contributed by atoms with E-state index in [-0.39, 0.29) is 5.41 Å². The quantitative estimate of drug-likeness (QED) is 0.841. The largest absolute Gasteiger partial charge is 0.454 e. The van der Waals surface area contributed by atoms with Crippen LogP contribution in [0.4, 0.5) is 0 Å². The van der Waals surface area contributed by atoms with Gasteiger partial charge in [0, 0.05) is 56.3 Å². The number of carbonyl (C=O) groups excluding carboxylic acids is 1. The first kappa shape index (κ1) is 18.5. The molecule has 4 heterocycles. The molecule has 0 unspecified atom stereocenters. The fourth-order valence-corrected chi connectivity index (χ4v) is 5.06. The maximum Gasteiger partial charge on any atom is 0.231 e. The van der Waals surface area contributed by atoms with Gasteiger partial charge >= 0.3 is 0 Å². The van der Waals surface area contributed by atoms with Crippen LogP contribution in [0, 0.1) is 5.41 Å². The minimum Gasteiger partial charge on any atom is -0.454 e. The maximum absolute atomic E-state index is 12.5. The number of fused-ring (bicyclic) bond motifs is 1. The van der Waals surface area contributed by atoms with Gasteiger partial charge in [-0.05, 0) is 43.5 Å². The molecule has 29 heavy (non-hydrogen) atoms. The summed E-state index contributed by atoms with van der Waals surface area (Å²) in [6, 6.07) is 6.24. The first-order valence-corrected chi connectivity index (χ1v) is 10.6. The standard InChI is InChI=1S/C22H28N4O3/c27-21-4-7-22(14-26(21)9-5-18-11-23-15-24-18)6-1-8-25(13-22)12-17-2-3-19-20(10-17)29-16-28-19/h2-3,10-11,15H,1,4-9,12-14,16H2,(H,23,24)/t22-/m1/s1. The van der Waals surface area contributed by atoms with Crippen molar-refractivity contribution in [1.29, 1.82) is 0 Å². The third-order valence-electron chi connectivity index (χ3n) is 6.54. The molecule has 1 amide bonds. The lowest BCUT2D eigenvalue weighted by atomic mass is 9.73. The smallest absolute Gasteiger partial charge is 0.231 e. The topological polar surface area (TPSA) is 70.7 Å². The van der Waals surface area contributed by atoms with Gasteiger partial charge in [0.25, 0.3) is 0 Å². The molecule has 1 atom stereocenters. The zero-order valence-electron chi connectivity index (χ0n) is 16.7. The number of amides is 1. The normalized spacial score (nSPS) is 24.4. The van der Waals surface area contributed by atoms with Crippen LogP contribution < -0.4 is 9.47 Å². The van der Waals surface area contributed by atoms with E-state index in [1.165, 1.54) is 18.4 Å². The molecule has 7 heteroatoms. The Morgan fingerprint density at radius 1 is 1.17 bits per heavy atom. The summed E-state index contributed by atoms with van der Waals surface area (Å²) in [7, 11) is 0. The molecule has 1 aromatic heterocycles. The van der Waals surface area contributed by atoms with Crippen molar-refractivity contribution >= 4 is 5.91 Å². The van der Waals surface area contributed by atoms with Crippen molar-refractivity contribution in [3.8, 4) is 11.5 Å². The highest BCUT2D eigenvalue weighted by atomic mass is 16.7. The molecule has 1 aromatic carbocycles. The molecular weight excluding hydrogens is 368 g/mol. The fourth-order valence-electron chi connectivity index (χ4n) is 5.06.